The summed E-state index contributed by atoms with van der Waals surface area (Å²) in [5.41, 5.74) is -1.81. The molecule has 13 atom stereocenters. The standard InChI is InChI=1S/C37H60O8/c1-10-21(2)31(43)45-30-29(42)37(20-44-22(3)39)24(17-32(30,4)5)23-11-12-26-33(6)15-14-27(40)34(7,19-38)25(33)13-16-35(26,8)36(23,9)18-28(37)41/h11,21,24-30,38,40-42H,10,12-20H2,1-9H3/t21-,24-,25+,26+,27-,28-,29-,30-,33-,34-,35+,36+,37-/m0/s1. The number of carbonyl (C=O) groups is 2. The van der Waals surface area contributed by atoms with Gasteiger partial charge in [-0.25, -0.2) is 0 Å². The summed E-state index contributed by atoms with van der Waals surface area (Å²) >= 11 is 0. The monoisotopic (exact) mass is 632 g/mol. The molecule has 5 aliphatic carbocycles. The summed E-state index contributed by atoms with van der Waals surface area (Å²) in [6, 6.07) is 0. The van der Waals surface area contributed by atoms with Crippen molar-refractivity contribution in [3.63, 3.8) is 0 Å². The van der Waals surface area contributed by atoms with Crippen LogP contribution in [0.3, 0.4) is 0 Å². The number of allylic oxidation sites excluding steroid dienone is 2. The highest BCUT2D eigenvalue weighted by atomic mass is 16.6. The summed E-state index contributed by atoms with van der Waals surface area (Å²) in [5, 5.41) is 46.3. The average molecular weight is 633 g/mol. The number of ether oxygens (including phenoxy) is 2. The molecule has 5 aliphatic rings. The molecule has 8 nitrogen and oxygen atoms in total. The maximum Gasteiger partial charge on any atom is 0.309 e. The van der Waals surface area contributed by atoms with Crippen LogP contribution in [-0.4, -0.2) is 70.0 Å². The van der Waals surface area contributed by atoms with Crippen LogP contribution in [0.25, 0.3) is 0 Å². The van der Waals surface area contributed by atoms with Gasteiger partial charge in [-0.05, 0) is 85.4 Å². The second-order valence-electron chi connectivity index (χ2n) is 17.5. The van der Waals surface area contributed by atoms with E-state index in [0.29, 0.717) is 25.7 Å². The van der Waals surface area contributed by atoms with Crippen molar-refractivity contribution < 1.29 is 39.5 Å². The van der Waals surface area contributed by atoms with Gasteiger partial charge in [0.05, 0.1) is 30.1 Å². The van der Waals surface area contributed by atoms with E-state index in [2.05, 4.69) is 33.8 Å². The molecule has 0 radical (unpaired) electrons. The number of rotatable bonds is 6. The molecule has 0 heterocycles. The van der Waals surface area contributed by atoms with Gasteiger partial charge in [0, 0.05) is 17.8 Å². The SMILES string of the molecule is CC[C@H](C)C(=O)O[C@H]1[C@H](O)[C@]2(COC(C)=O)[C@@H](O)C[C@]3(C)C(=CC[C@@H]4[C@@]5(C)CC[C@H](O)[C@@](C)(CO)[C@@H]5CC[C@]43C)[C@@H]2CC1(C)C. The third-order valence-corrected chi connectivity index (χ3v) is 15.0. The topological polar surface area (TPSA) is 134 Å². The number of aliphatic hydroxyl groups is 4. The Labute approximate surface area is 270 Å². The van der Waals surface area contributed by atoms with E-state index in [1.54, 1.807) is 0 Å². The van der Waals surface area contributed by atoms with Crippen molar-refractivity contribution >= 4 is 11.9 Å². The first kappa shape index (κ1) is 34.8. The second-order valence-corrected chi connectivity index (χ2v) is 17.5. The molecule has 0 aromatic heterocycles. The molecule has 0 bridgehead atoms. The Morgan fingerprint density at radius 1 is 0.978 bits per heavy atom. The molecule has 45 heavy (non-hydrogen) atoms. The van der Waals surface area contributed by atoms with Crippen LogP contribution < -0.4 is 0 Å². The van der Waals surface area contributed by atoms with E-state index in [0.717, 1.165) is 25.7 Å². The predicted octanol–water partition coefficient (Wildman–Crippen LogP) is 5.19. The van der Waals surface area contributed by atoms with E-state index >= 15 is 0 Å². The molecule has 5 rings (SSSR count). The zero-order valence-corrected chi connectivity index (χ0v) is 29.2. The average Bonchev–Trinajstić information content (AvgIpc) is 2.96. The quantitative estimate of drug-likeness (QED) is 0.232. The Hall–Kier alpha value is -1.48. The second kappa shape index (κ2) is 11.3. The van der Waals surface area contributed by atoms with Gasteiger partial charge in [0.1, 0.15) is 18.8 Å². The first-order chi connectivity index (χ1) is 20.8. The highest BCUT2D eigenvalue weighted by Gasteiger charge is 2.73. The van der Waals surface area contributed by atoms with Gasteiger partial charge in [-0.1, -0.05) is 67.0 Å². The fourth-order valence-electron chi connectivity index (χ4n) is 11.7. The molecule has 0 amide bonds. The van der Waals surface area contributed by atoms with Crippen molar-refractivity contribution in [2.75, 3.05) is 13.2 Å². The first-order valence-electron chi connectivity index (χ1n) is 17.5. The molecule has 0 aliphatic heterocycles. The lowest BCUT2D eigenvalue weighted by atomic mass is 9.33. The lowest BCUT2D eigenvalue weighted by Gasteiger charge is -2.72. The normalized spacial score (nSPS) is 49.3. The Balaban J connectivity index is 1.61. The third kappa shape index (κ3) is 4.73. The van der Waals surface area contributed by atoms with Crippen molar-refractivity contribution in [2.24, 2.45) is 56.2 Å². The summed E-state index contributed by atoms with van der Waals surface area (Å²) in [6.45, 7) is 18.1. The molecule has 256 valence electrons. The Morgan fingerprint density at radius 2 is 1.64 bits per heavy atom. The molecule has 0 unspecified atom stereocenters. The van der Waals surface area contributed by atoms with E-state index in [9.17, 15) is 30.0 Å². The zero-order valence-electron chi connectivity index (χ0n) is 29.2. The minimum Gasteiger partial charge on any atom is -0.465 e. The van der Waals surface area contributed by atoms with Gasteiger partial charge in [0.15, 0.2) is 0 Å². The largest absolute Gasteiger partial charge is 0.465 e. The summed E-state index contributed by atoms with van der Waals surface area (Å²) < 4.78 is 11.8. The fourth-order valence-corrected chi connectivity index (χ4v) is 11.7. The van der Waals surface area contributed by atoms with E-state index in [1.807, 2.05) is 27.7 Å². The van der Waals surface area contributed by atoms with Crippen molar-refractivity contribution in [3.05, 3.63) is 11.6 Å². The van der Waals surface area contributed by atoms with Gasteiger partial charge >= 0.3 is 11.9 Å². The van der Waals surface area contributed by atoms with Crippen molar-refractivity contribution in [1.82, 2.24) is 0 Å². The van der Waals surface area contributed by atoms with Crippen molar-refractivity contribution in [3.8, 4) is 0 Å². The maximum atomic E-state index is 13.1. The summed E-state index contributed by atoms with van der Waals surface area (Å²) in [7, 11) is 0. The maximum absolute atomic E-state index is 13.1. The highest BCUT2D eigenvalue weighted by Crippen LogP contribution is 2.75. The first-order valence-corrected chi connectivity index (χ1v) is 17.5. The molecule has 4 saturated carbocycles. The fraction of sp³-hybridized carbons (Fsp3) is 0.892. The molecular formula is C37H60O8. The van der Waals surface area contributed by atoms with Crippen LogP contribution >= 0.6 is 0 Å². The van der Waals surface area contributed by atoms with Crippen LogP contribution in [0.1, 0.15) is 114 Å². The lowest BCUT2D eigenvalue weighted by Crippen LogP contribution is -2.72. The number of hydrogen-bond acceptors (Lipinski definition) is 8. The zero-order chi connectivity index (χ0) is 33.5. The minimum absolute atomic E-state index is 0.0363. The van der Waals surface area contributed by atoms with Gasteiger partial charge < -0.3 is 29.9 Å². The van der Waals surface area contributed by atoms with Crippen molar-refractivity contribution in [1.29, 1.82) is 0 Å². The minimum atomic E-state index is -1.23. The third-order valence-electron chi connectivity index (χ3n) is 15.0. The van der Waals surface area contributed by atoms with Crippen LogP contribution in [0.4, 0.5) is 0 Å². The van der Waals surface area contributed by atoms with Gasteiger partial charge in [-0.15, -0.1) is 0 Å². The Kier molecular flexibility index (Phi) is 8.75. The summed E-state index contributed by atoms with van der Waals surface area (Å²) in [4.78, 5) is 25.3. The molecular weight excluding hydrogens is 572 g/mol. The van der Waals surface area contributed by atoms with Crippen LogP contribution in [0.15, 0.2) is 11.6 Å². The van der Waals surface area contributed by atoms with E-state index in [4.69, 9.17) is 9.47 Å². The van der Waals surface area contributed by atoms with Gasteiger partial charge in [-0.3, -0.25) is 9.59 Å². The summed E-state index contributed by atoms with van der Waals surface area (Å²) in [5.74, 6) is -0.976. The molecule has 0 spiro atoms. The molecule has 4 fully saturated rings. The van der Waals surface area contributed by atoms with E-state index in [1.165, 1.54) is 12.5 Å². The predicted molar refractivity (Wildman–Crippen MR) is 171 cm³/mol. The van der Waals surface area contributed by atoms with E-state index in [-0.39, 0.29) is 53.7 Å². The molecule has 0 aromatic rings. The molecule has 0 saturated heterocycles. The van der Waals surface area contributed by atoms with Crippen LogP contribution in [0.5, 0.6) is 0 Å². The summed E-state index contributed by atoms with van der Waals surface area (Å²) in [6.07, 6.45) is 4.52. The number of esters is 2. The smallest absolute Gasteiger partial charge is 0.309 e. The number of carbonyl (C=O) groups excluding carboxylic acids is 2. The van der Waals surface area contributed by atoms with Gasteiger partial charge in [0.25, 0.3) is 0 Å². The van der Waals surface area contributed by atoms with Crippen LogP contribution in [0.2, 0.25) is 0 Å². The van der Waals surface area contributed by atoms with Crippen LogP contribution in [-0.2, 0) is 19.1 Å². The molecule has 8 heteroatoms. The van der Waals surface area contributed by atoms with Crippen molar-refractivity contribution in [2.45, 2.75) is 138 Å². The number of hydrogen-bond donors (Lipinski definition) is 4. The Bertz CT molecular complexity index is 1210. The molecule has 4 N–H and O–H groups in total. The van der Waals surface area contributed by atoms with Gasteiger partial charge in [-0.2, -0.15) is 0 Å². The lowest BCUT2D eigenvalue weighted by molar-refractivity contribution is -0.265. The highest BCUT2D eigenvalue weighted by molar-refractivity contribution is 5.72. The Morgan fingerprint density at radius 3 is 2.24 bits per heavy atom. The number of fused-ring (bicyclic) bond motifs is 7. The van der Waals surface area contributed by atoms with E-state index < -0.39 is 52.0 Å². The van der Waals surface area contributed by atoms with Crippen LogP contribution in [0, 0.1) is 56.2 Å². The van der Waals surface area contributed by atoms with Gasteiger partial charge in [0.2, 0.25) is 0 Å². The number of aliphatic hydroxyl groups excluding tert-OH is 4. The molecule has 0 aromatic carbocycles.